The van der Waals surface area contributed by atoms with Crippen LogP contribution in [-0.4, -0.2) is 92.5 Å². The molecule has 8 nitrogen and oxygen atoms in total. The second-order valence-electron chi connectivity index (χ2n) is 7.97. The number of carbonyl (C=O) groups excluding carboxylic acids is 3. The molecule has 0 spiro atoms. The number of Topliss-reactive ketones (excluding diaryl/α,β-unsaturated/α-hetero) is 1. The molecule has 170 valence electrons. The third kappa shape index (κ3) is 5.15. The monoisotopic (exact) mass is 438 g/mol. The van der Waals surface area contributed by atoms with Crippen LogP contribution in [0.4, 0.5) is 5.69 Å². The van der Waals surface area contributed by atoms with Gasteiger partial charge in [0.05, 0.1) is 0 Å². The van der Waals surface area contributed by atoms with E-state index in [4.69, 9.17) is 5.11 Å². The number of ketones is 1. The Balaban J connectivity index is 1.72. The second-order valence-corrected chi connectivity index (χ2v) is 7.97. The lowest BCUT2D eigenvalue weighted by Crippen LogP contribution is -2.52. The van der Waals surface area contributed by atoms with E-state index < -0.39 is 30.2 Å². The van der Waals surface area contributed by atoms with E-state index >= 15 is 0 Å². The quantitative estimate of drug-likeness (QED) is 0.623. The molecule has 0 aromatic heterocycles. The average Bonchev–Trinajstić information content (AvgIpc) is 2.84. The van der Waals surface area contributed by atoms with Gasteiger partial charge in [0, 0.05) is 51.5 Å². The molecule has 0 aliphatic carbocycles. The Hall–Kier alpha value is -3.23. The first kappa shape index (κ1) is 23.4. The average molecular weight is 439 g/mol. The number of aliphatic hydroxyl groups excluding tert-OH is 1. The van der Waals surface area contributed by atoms with Gasteiger partial charge in [-0.05, 0) is 42.4 Å². The van der Waals surface area contributed by atoms with Gasteiger partial charge in [-0.2, -0.15) is 0 Å². The molecule has 1 fully saturated rings. The Morgan fingerprint density at radius 1 is 0.969 bits per heavy atom. The standard InChI is InChI=1S/C24H30N4O4/c1-25-23(31)22(21(30)16-29)27(3)24(32)19-6-4-17(5-7-19)18-8-10-20(11-9-18)28-14-12-26(2)13-15-28/h4-11,22,29H,12-16H2,1-3H3,(H,25,31). The zero-order valence-corrected chi connectivity index (χ0v) is 18.7. The van der Waals surface area contributed by atoms with Crippen molar-refractivity contribution in [3.05, 3.63) is 54.1 Å². The molecule has 1 saturated heterocycles. The van der Waals surface area contributed by atoms with E-state index in [1.165, 1.54) is 19.8 Å². The zero-order chi connectivity index (χ0) is 23.3. The molecule has 1 unspecified atom stereocenters. The van der Waals surface area contributed by atoms with E-state index in [9.17, 15) is 14.4 Å². The van der Waals surface area contributed by atoms with E-state index in [2.05, 4.69) is 46.4 Å². The van der Waals surface area contributed by atoms with E-state index in [1.807, 2.05) is 12.1 Å². The van der Waals surface area contributed by atoms with Crippen molar-refractivity contribution in [2.24, 2.45) is 0 Å². The van der Waals surface area contributed by atoms with Crippen LogP contribution in [0.15, 0.2) is 48.5 Å². The fraction of sp³-hybridized carbons (Fsp3) is 0.375. The summed E-state index contributed by atoms with van der Waals surface area (Å²) in [5, 5.41) is 11.5. The van der Waals surface area contributed by atoms with Crippen molar-refractivity contribution in [3.63, 3.8) is 0 Å². The molecule has 8 heteroatoms. The summed E-state index contributed by atoms with van der Waals surface area (Å²) in [4.78, 5) is 42.6. The number of hydrogen-bond acceptors (Lipinski definition) is 6. The molecule has 0 radical (unpaired) electrons. The topological polar surface area (TPSA) is 93.2 Å². The highest BCUT2D eigenvalue weighted by Crippen LogP contribution is 2.24. The number of likely N-dealkylation sites (N-methyl/N-ethyl adjacent to an activating group) is 3. The lowest BCUT2D eigenvalue weighted by atomic mass is 10.0. The molecule has 2 amide bonds. The first-order valence-electron chi connectivity index (χ1n) is 10.6. The molecule has 0 bridgehead atoms. The number of amides is 2. The first-order chi connectivity index (χ1) is 15.3. The molecule has 0 saturated carbocycles. The molecule has 1 aliphatic heterocycles. The lowest BCUT2D eigenvalue weighted by Gasteiger charge is -2.34. The van der Waals surface area contributed by atoms with Gasteiger partial charge in [0.1, 0.15) is 6.61 Å². The van der Waals surface area contributed by atoms with Crippen LogP contribution in [0.5, 0.6) is 0 Å². The van der Waals surface area contributed by atoms with Crippen LogP contribution in [0.1, 0.15) is 10.4 Å². The van der Waals surface area contributed by atoms with Crippen LogP contribution < -0.4 is 10.2 Å². The number of piperazine rings is 1. The van der Waals surface area contributed by atoms with Gasteiger partial charge in [-0.15, -0.1) is 0 Å². The molecule has 1 heterocycles. The van der Waals surface area contributed by atoms with Crippen LogP contribution in [-0.2, 0) is 9.59 Å². The van der Waals surface area contributed by atoms with Gasteiger partial charge in [-0.25, -0.2) is 0 Å². The summed E-state index contributed by atoms with van der Waals surface area (Å²) in [5.74, 6) is -1.86. The van der Waals surface area contributed by atoms with Gasteiger partial charge in [-0.1, -0.05) is 24.3 Å². The van der Waals surface area contributed by atoms with Crippen molar-refractivity contribution in [2.45, 2.75) is 6.04 Å². The summed E-state index contributed by atoms with van der Waals surface area (Å²) >= 11 is 0. The van der Waals surface area contributed by atoms with Crippen molar-refractivity contribution in [3.8, 4) is 11.1 Å². The minimum Gasteiger partial charge on any atom is -0.388 e. The molecular weight excluding hydrogens is 408 g/mol. The highest BCUT2D eigenvalue weighted by atomic mass is 16.3. The van der Waals surface area contributed by atoms with Gasteiger partial charge < -0.3 is 25.1 Å². The second kappa shape index (κ2) is 10.4. The van der Waals surface area contributed by atoms with Crippen molar-refractivity contribution in [1.82, 2.24) is 15.1 Å². The number of benzene rings is 2. The van der Waals surface area contributed by atoms with Gasteiger partial charge in [0.25, 0.3) is 5.91 Å². The lowest BCUT2D eigenvalue weighted by molar-refractivity contribution is -0.135. The van der Waals surface area contributed by atoms with Crippen LogP contribution >= 0.6 is 0 Å². The summed E-state index contributed by atoms with van der Waals surface area (Å²) in [6.45, 7) is 3.30. The zero-order valence-electron chi connectivity index (χ0n) is 18.7. The maximum atomic E-state index is 12.8. The number of rotatable bonds is 7. The van der Waals surface area contributed by atoms with Crippen LogP contribution in [0.3, 0.4) is 0 Å². The van der Waals surface area contributed by atoms with Crippen molar-refractivity contribution < 1.29 is 19.5 Å². The van der Waals surface area contributed by atoms with Gasteiger partial charge in [0.2, 0.25) is 5.91 Å². The molecule has 1 atom stereocenters. The minimum absolute atomic E-state index is 0.352. The fourth-order valence-corrected chi connectivity index (χ4v) is 3.82. The Morgan fingerprint density at radius 2 is 1.50 bits per heavy atom. The summed E-state index contributed by atoms with van der Waals surface area (Å²) in [6.07, 6.45) is 0. The number of aliphatic hydroxyl groups is 1. The van der Waals surface area contributed by atoms with E-state index in [-0.39, 0.29) is 0 Å². The normalized spacial score (nSPS) is 15.2. The van der Waals surface area contributed by atoms with E-state index in [0.717, 1.165) is 42.2 Å². The molecule has 2 aromatic rings. The number of nitrogens with one attached hydrogen (secondary N) is 1. The van der Waals surface area contributed by atoms with Crippen molar-refractivity contribution in [1.29, 1.82) is 0 Å². The van der Waals surface area contributed by atoms with Gasteiger partial charge in [-0.3, -0.25) is 14.4 Å². The number of carbonyl (C=O) groups is 3. The molecule has 2 N–H and O–H groups in total. The molecule has 3 rings (SSSR count). The Morgan fingerprint density at radius 3 is 2.00 bits per heavy atom. The fourth-order valence-electron chi connectivity index (χ4n) is 3.82. The molecule has 2 aromatic carbocycles. The van der Waals surface area contributed by atoms with Crippen molar-refractivity contribution >= 4 is 23.3 Å². The number of hydrogen-bond donors (Lipinski definition) is 2. The highest BCUT2D eigenvalue weighted by Gasteiger charge is 2.32. The third-order valence-corrected chi connectivity index (χ3v) is 5.86. The summed E-state index contributed by atoms with van der Waals surface area (Å²) in [5.41, 5.74) is 3.55. The summed E-state index contributed by atoms with van der Waals surface area (Å²) in [6, 6.07) is 14.0. The predicted molar refractivity (Wildman–Crippen MR) is 124 cm³/mol. The number of nitrogens with zero attached hydrogens (tertiary/aromatic N) is 3. The Bertz CT molecular complexity index is 935. The highest BCUT2D eigenvalue weighted by molar-refractivity contribution is 6.10. The Kier molecular flexibility index (Phi) is 7.61. The van der Waals surface area contributed by atoms with Crippen LogP contribution in [0.25, 0.3) is 11.1 Å². The third-order valence-electron chi connectivity index (χ3n) is 5.86. The first-order valence-corrected chi connectivity index (χ1v) is 10.6. The molecular formula is C24H30N4O4. The molecule has 32 heavy (non-hydrogen) atoms. The van der Waals surface area contributed by atoms with Gasteiger partial charge in [0.15, 0.2) is 11.8 Å². The minimum atomic E-state index is -1.38. The summed E-state index contributed by atoms with van der Waals surface area (Å²) in [7, 11) is 4.89. The Labute approximate surface area is 188 Å². The van der Waals surface area contributed by atoms with E-state index in [0.29, 0.717) is 5.56 Å². The maximum absolute atomic E-state index is 12.8. The summed E-state index contributed by atoms with van der Waals surface area (Å²) < 4.78 is 0. The largest absolute Gasteiger partial charge is 0.388 e. The maximum Gasteiger partial charge on any atom is 0.254 e. The SMILES string of the molecule is CNC(=O)C(C(=O)CO)N(C)C(=O)c1ccc(-c2ccc(N3CCN(C)CC3)cc2)cc1. The van der Waals surface area contributed by atoms with Crippen molar-refractivity contribution in [2.75, 3.05) is 58.8 Å². The molecule has 1 aliphatic rings. The predicted octanol–water partition coefficient (Wildman–Crippen LogP) is 0.853. The van der Waals surface area contributed by atoms with Crippen LogP contribution in [0.2, 0.25) is 0 Å². The van der Waals surface area contributed by atoms with E-state index in [1.54, 1.807) is 12.1 Å². The smallest absolute Gasteiger partial charge is 0.254 e. The van der Waals surface area contributed by atoms with Gasteiger partial charge >= 0.3 is 0 Å². The van der Waals surface area contributed by atoms with Crippen LogP contribution in [0, 0.1) is 0 Å². The number of anilines is 1.